The number of methoxy groups -OCH3 is 3. The van der Waals surface area contributed by atoms with Crippen molar-refractivity contribution in [1.29, 1.82) is 0 Å². The quantitative estimate of drug-likeness (QED) is 0.156. The highest BCUT2D eigenvalue weighted by atomic mass is 16.6. The molecule has 6 N–H and O–H groups in total. The molecule has 194 valence electrons. The Hall–Kier alpha value is -4.97. The molecule has 0 saturated heterocycles. The second-order valence-corrected chi connectivity index (χ2v) is 7.72. The lowest BCUT2D eigenvalue weighted by molar-refractivity contribution is -0.0209. The molecule has 12 heteroatoms. The van der Waals surface area contributed by atoms with E-state index in [4.69, 9.17) is 23.4 Å². The predicted octanol–water partition coefficient (Wildman–Crippen LogP) is 3.08. The van der Waals surface area contributed by atoms with Crippen molar-refractivity contribution in [3.8, 4) is 63.1 Å². The SMILES string of the molecule is COc1cc(-c2oc3cc(O)cc(O)c3c(=O)c2OC(O)c2cc(O)c(O)c(O)c2)cc(OC)c1OC. The summed E-state index contributed by atoms with van der Waals surface area (Å²) in [5.74, 6) is -3.52. The summed E-state index contributed by atoms with van der Waals surface area (Å²) in [4.78, 5) is 13.5. The van der Waals surface area contributed by atoms with Crippen molar-refractivity contribution in [1.82, 2.24) is 0 Å². The van der Waals surface area contributed by atoms with E-state index in [1.54, 1.807) is 0 Å². The fourth-order valence-corrected chi connectivity index (χ4v) is 3.73. The van der Waals surface area contributed by atoms with Gasteiger partial charge in [-0.25, -0.2) is 0 Å². The van der Waals surface area contributed by atoms with E-state index in [0.717, 1.165) is 24.3 Å². The molecular formula is C25H22O12. The van der Waals surface area contributed by atoms with Crippen molar-refractivity contribution in [3.63, 3.8) is 0 Å². The topological polar surface area (TPSA) is 189 Å². The minimum atomic E-state index is -1.96. The van der Waals surface area contributed by atoms with Gasteiger partial charge in [0.2, 0.25) is 23.2 Å². The van der Waals surface area contributed by atoms with E-state index < -0.39 is 40.5 Å². The van der Waals surface area contributed by atoms with E-state index in [1.165, 1.54) is 33.5 Å². The van der Waals surface area contributed by atoms with E-state index >= 15 is 0 Å². The van der Waals surface area contributed by atoms with Crippen molar-refractivity contribution in [2.45, 2.75) is 6.29 Å². The van der Waals surface area contributed by atoms with E-state index in [9.17, 15) is 35.4 Å². The van der Waals surface area contributed by atoms with E-state index in [-0.39, 0.29) is 50.9 Å². The molecule has 0 aliphatic heterocycles. The number of benzene rings is 3. The minimum Gasteiger partial charge on any atom is -0.508 e. The lowest BCUT2D eigenvalue weighted by atomic mass is 10.1. The lowest BCUT2D eigenvalue weighted by Gasteiger charge is -2.18. The van der Waals surface area contributed by atoms with Crippen molar-refractivity contribution < 1.29 is 54.0 Å². The Morgan fingerprint density at radius 1 is 0.757 bits per heavy atom. The molecule has 0 amide bonds. The van der Waals surface area contributed by atoms with Crippen LogP contribution in [0.25, 0.3) is 22.3 Å². The monoisotopic (exact) mass is 514 g/mol. The molecule has 0 bridgehead atoms. The molecule has 0 spiro atoms. The summed E-state index contributed by atoms with van der Waals surface area (Å²) >= 11 is 0. The summed E-state index contributed by atoms with van der Waals surface area (Å²) in [7, 11) is 4.15. The van der Waals surface area contributed by atoms with Gasteiger partial charge >= 0.3 is 0 Å². The van der Waals surface area contributed by atoms with Gasteiger partial charge in [0.1, 0.15) is 22.5 Å². The van der Waals surface area contributed by atoms with E-state index in [0.29, 0.717) is 0 Å². The molecule has 37 heavy (non-hydrogen) atoms. The number of hydrogen-bond donors (Lipinski definition) is 6. The molecule has 12 nitrogen and oxygen atoms in total. The largest absolute Gasteiger partial charge is 0.508 e. The van der Waals surface area contributed by atoms with Crippen LogP contribution in [0.3, 0.4) is 0 Å². The molecule has 0 aliphatic carbocycles. The number of rotatable bonds is 7. The van der Waals surface area contributed by atoms with Gasteiger partial charge in [0.15, 0.2) is 34.5 Å². The summed E-state index contributed by atoms with van der Waals surface area (Å²) in [5, 5.41) is 59.8. The number of aromatic hydroxyl groups is 5. The molecule has 1 heterocycles. The molecule has 0 fully saturated rings. The number of aliphatic hydroxyl groups is 1. The molecule has 1 atom stereocenters. The molecule has 0 saturated carbocycles. The van der Waals surface area contributed by atoms with Gasteiger partial charge in [-0.2, -0.15) is 0 Å². The molecule has 1 unspecified atom stereocenters. The maximum Gasteiger partial charge on any atom is 0.239 e. The van der Waals surface area contributed by atoms with Gasteiger partial charge in [-0.1, -0.05) is 0 Å². The summed E-state index contributed by atoms with van der Waals surface area (Å²) < 4.78 is 27.4. The Labute approximate surface area is 208 Å². The maximum absolute atomic E-state index is 13.5. The molecule has 3 aromatic carbocycles. The molecule has 4 rings (SSSR count). The number of hydrogen-bond acceptors (Lipinski definition) is 12. The standard InChI is InChI=1S/C25H22O12/c1-33-17-6-10(7-18(34-2)23(17)35-3)22-24(21(31)19-13(27)8-12(26)9-16(19)36-22)37-25(32)11-4-14(28)20(30)15(29)5-11/h4-9,25-30,32H,1-3H3. The van der Waals surface area contributed by atoms with Gasteiger partial charge in [0.05, 0.1) is 21.3 Å². The van der Waals surface area contributed by atoms with Gasteiger partial charge in [-0.15, -0.1) is 0 Å². The Morgan fingerprint density at radius 2 is 1.35 bits per heavy atom. The van der Waals surface area contributed by atoms with Crippen LogP contribution in [0.1, 0.15) is 11.9 Å². The fourth-order valence-electron chi connectivity index (χ4n) is 3.73. The number of ether oxygens (including phenoxy) is 4. The van der Waals surface area contributed by atoms with Gasteiger partial charge in [0.25, 0.3) is 0 Å². The Balaban J connectivity index is 1.99. The number of aliphatic hydroxyl groups excluding tert-OH is 1. The van der Waals surface area contributed by atoms with Crippen molar-refractivity contribution in [2.75, 3.05) is 21.3 Å². The van der Waals surface area contributed by atoms with E-state index in [1.807, 2.05) is 0 Å². The first-order valence-corrected chi connectivity index (χ1v) is 10.5. The van der Waals surface area contributed by atoms with Crippen LogP contribution in [0, 0.1) is 0 Å². The Morgan fingerprint density at radius 3 is 1.89 bits per heavy atom. The summed E-state index contributed by atoms with van der Waals surface area (Å²) in [6.07, 6.45) is -1.96. The minimum absolute atomic E-state index is 0.162. The van der Waals surface area contributed by atoms with Crippen LogP contribution in [0.5, 0.6) is 51.7 Å². The van der Waals surface area contributed by atoms with Crippen LogP contribution in [-0.2, 0) is 0 Å². The highest BCUT2D eigenvalue weighted by molar-refractivity contribution is 5.88. The maximum atomic E-state index is 13.5. The van der Waals surface area contributed by atoms with Gasteiger partial charge < -0.3 is 54.0 Å². The zero-order chi connectivity index (χ0) is 27.0. The van der Waals surface area contributed by atoms with Crippen LogP contribution in [0.4, 0.5) is 0 Å². The third kappa shape index (κ3) is 4.41. The van der Waals surface area contributed by atoms with Gasteiger partial charge in [-0.05, 0) is 24.3 Å². The second-order valence-electron chi connectivity index (χ2n) is 7.72. The zero-order valence-corrected chi connectivity index (χ0v) is 19.7. The normalized spacial score (nSPS) is 11.8. The fraction of sp³-hybridized carbons (Fsp3) is 0.160. The molecule has 0 radical (unpaired) electrons. The van der Waals surface area contributed by atoms with Crippen LogP contribution in [0.2, 0.25) is 0 Å². The molecule has 0 aliphatic rings. The first-order valence-electron chi connectivity index (χ1n) is 10.5. The van der Waals surface area contributed by atoms with Crippen molar-refractivity contribution in [3.05, 3.63) is 52.2 Å². The highest BCUT2D eigenvalue weighted by Crippen LogP contribution is 2.45. The van der Waals surface area contributed by atoms with Gasteiger partial charge in [0, 0.05) is 23.3 Å². The number of phenolic OH excluding ortho intramolecular Hbond substituents is 5. The van der Waals surface area contributed by atoms with Crippen LogP contribution >= 0.6 is 0 Å². The third-order valence-corrected chi connectivity index (χ3v) is 5.45. The Bertz CT molecular complexity index is 1510. The molecule has 4 aromatic rings. The first-order chi connectivity index (χ1) is 17.6. The molecular weight excluding hydrogens is 492 g/mol. The number of phenols is 5. The van der Waals surface area contributed by atoms with E-state index in [2.05, 4.69) is 0 Å². The third-order valence-electron chi connectivity index (χ3n) is 5.45. The second kappa shape index (κ2) is 9.59. The average molecular weight is 514 g/mol. The predicted molar refractivity (Wildman–Crippen MR) is 128 cm³/mol. The number of fused-ring (bicyclic) bond motifs is 1. The highest BCUT2D eigenvalue weighted by Gasteiger charge is 2.26. The van der Waals surface area contributed by atoms with Crippen LogP contribution < -0.4 is 24.4 Å². The van der Waals surface area contributed by atoms with Crippen LogP contribution in [0.15, 0.2) is 45.6 Å². The van der Waals surface area contributed by atoms with Crippen molar-refractivity contribution in [2.24, 2.45) is 0 Å². The van der Waals surface area contributed by atoms with Crippen LogP contribution in [-0.4, -0.2) is 52.0 Å². The Kier molecular flexibility index (Phi) is 6.51. The van der Waals surface area contributed by atoms with Crippen molar-refractivity contribution >= 4 is 11.0 Å². The zero-order valence-electron chi connectivity index (χ0n) is 19.7. The summed E-state index contributed by atoms with van der Waals surface area (Å²) in [6.45, 7) is 0. The van der Waals surface area contributed by atoms with Gasteiger partial charge in [-0.3, -0.25) is 4.79 Å². The first kappa shape index (κ1) is 25.1. The molecule has 1 aromatic heterocycles. The smallest absolute Gasteiger partial charge is 0.239 e. The summed E-state index contributed by atoms with van der Waals surface area (Å²) in [5.41, 5.74) is -1.19. The lowest BCUT2D eigenvalue weighted by Crippen LogP contribution is -2.15. The summed E-state index contributed by atoms with van der Waals surface area (Å²) in [6, 6.07) is 6.73. The average Bonchev–Trinajstić information content (AvgIpc) is 2.86.